The minimum atomic E-state index is -0.719. The van der Waals surface area contributed by atoms with Crippen molar-refractivity contribution < 1.29 is 62.5 Å². The maximum absolute atomic E-state index is 12.7. The Balaban J connectivity index is 2.27. The quantitative estimate of drug-likeness (QED) is 0.107. The summed E-state index contributed by atoms with van der Waals surface area (Å²) in [5, 5.41) is 17.3. The normalized spacial score (nSPS) is 12.3. The van der Waals surface area contributed by atoms with Crippen molar-refractivity contribution in [3.63, 3.8) is 0 Å². The Kier molecular flexibility index (Phi) is 19.8. The molecule has 13 nitrogen and oxygen atoms in total. The molecule has 0 heterocycles. The molecule has 0 saturated carbocycles. The maximum Gasteiger partial charge on any atom is 0.339 e. The Morgan fingerprint density at radius 1 is 0.659 bits per heavy atom. The smallest absolute Gasteiger partial charge is 0.339 e. The van der Waals surface area contributed by atoms with E-state index in [1.165, 1.54) is 12.1 Å². The van der Waals surface area contributed by atoms with Gasteiger partial charge in [0, 0.05) is 12.8 Å². The molecule has 0 fully saturated rings. The lowest BCUT2D eigenvalue weighted by atomic mass is 10.1. The van der Waals surface area contributed by atoms with Crippen molar-refractivity contribution in [3.8, 4) is 0 Å². The molecule has 13 heteroatoms. The highest BCUT2D eigenvalue weighted by Gasteiger charge is 2.21. The van der Waals surface area contributed by atoms with E-state index in [9.17, 15) is 19.2 Å². The molecule has 2 atom stereocenters. The van der Waals surface area contributed by atoms with Gasteiger partial charge in [0.1, 0.15) is 25.9 Å². The maximum atomic E-state index is 12.7. The lowest BCUT2D eigenvalue weighted by molar-refractivity contribution is -0.149. The van der Waals surface area contributed by atoms with Gasteiger partial charge < -0.3 is 43.4 Å². The molecule has 232 valence electrons. The van der Waals surface area contributed by atoms with Gasteiger partial charge in [0.15, 0.2) is 0 Å². The summed E-state index contributed by atoms with van der Waals surface area (Å²) in [6.45, 7) is 3.87. The van der Waals surface area contributed by atoms with Crippen LogP contribution in [0.4, 0.5) is 0 Å². The Bertz CT molecular complexity index is 905. The number of hydrogen-bond acceptors (Lipinski definition) is 13. The largest absolute Gasteiger partial charge is 0.463 e. The molecule has 0 bridgehead atoms. The highest BCUT2D eigenvalue weighted by atomic mass is 16.6. The summed E-state index contributed by atoms with van der Waals surface area (Å²) in [6.07, 6.45) is 0.140. The molecule has 0 spiro atoms. The summed E-state index contributed by atoms with van der Waals surface area (Å²) in [5.74, 6) is -2.23. The number of ether oxygens (including phenoxy) is 7. The molecular formula is C28H42O13. The van der Waals surface area contributed by atoms with Crippen molar-refractivity contribution in [2.45, 2.75) is 51.7 Å². The van der Waals surface area contributed by atoms with Crippen molar-refractivity contribution in [2.24, 2.45) is 0 Å². The minimum absolute atomic E-state index is 0.00603. The van der Waals surface area contributed by atoms with Crippen LogP contribution in [0, 0.1) is 0 Å². The van der Waals surface area contributed by atoms with E-state index in [-0.39, 0.29) is 96.0 Å². The SMILES string of the molecule is CC(COC(=O)CCCCC(=O)OCCOCCO)OCC(C)OC(=O)c1ccccc1C(=O)OCCOCCO. The predicted molar refractivity (Wildman–Crippen MR) is 143 cm³/mol. The molecule has 1 rings (SSSR count). The average molecular weight is 587 g/mol. The standard InChI is InChI=1S/C28H42O13/c1-21(19-40-26(32)10-6-5-9-25(31)37-17-15-35-13-11-29)39-20-22(2)41-28(34)24-8-4-3-7-23(24)27(33)38-18-16-36-14-12-30/h3-4,7-8,21-22,29-30H,5-6,9-20H2,1-2H3. The Morgan fingerprint density at radius 3 is 1.78 bits per heavy atom. The molecule has 2 unspecified atom stereocenters. The number of aliphatic hydroxyl groups is 2. The van der Waals surface area contributed by atoms with E-state index in [2.05, 4.69) is 0 Å². The summed E-state index contributed by atoms with van der Waals surface area (Å²) < 4.78 is 36.3. The predicted octanol–water partition coefficient (Wildman–Crippen LogP) is 1.46. The first kappa shape index (κ1) is 35.9. The van der Waals surface area contributed by atoms with Crippen LogP contribution in [0.3, 0.4) is 0 Å². The monoisotopic (exact) mass is 586 g/mol. The molecule has 0 radical (unpaired) electrons. The average Bonchev–Trinajstić information content (AvgIpc) is 2.96. The molecular weight excluding hydrogens is 544 g/mol. The second-order valence-corrected chi connectivity index (χ2v) is 8.82. The molecule has 0 saturated heterocycles. The van der Waals surface area contributed by atoms with E-state index in [1.807, 2.05) is 0 Å². The van der Waals surface area contributed by atoms with Gasteiger partial charge in [-0.25, -0.2) is 9.59 Å². The van der Waals surface area contributed by atoms with Gasteiger partial charge in [0.05, 0.1) is 63.5 Å². The van der Waals surface area contributed by atoms with Crippen molar-refractivity contribution >= 4 is 23.9 Å². The molecule has 0 aliphatic rings. The zero-order valence-corrected chi connectivity index (χ0v) is 23.7. The fourth-order valence-corrected chi connectivity index (χ4v) is 3.18. The zero-order valence-electron chi connectivity index (χ0n) is 23.7. The third-order valence-corrected chi connectivity index (χ3v) is 5.20. The van der Waals surface area contributed by atoms with Crippen LogP contribution in [0.1, 0.15) is 60.2 Å². The molecule has 1 aromatic carbocycles. The zero-order chi connectivity index (χ0) is 30.3. The van der Waals surface area contributed by atoms with Crippen LogP contribution in [0.15, 0.2) is 24.3 Å². The lowest BCUT2D eigenvalue weighted by Gasteiger charge is -2.18. The van der Waals surface area contributed by atoms with Gasteiger partial charge in [0.2, 0.25) is 0 Å². The van der Waals surface area contributed by atoms with Crippen molar-refractivity contribution in [3.05, 3.63) is 35.4 Å². The highest BCUT2D eigenvalue weighted by molar-refractivity contribution is 6.03. The topological polar surface area (TPSA) is 173 Å². The first-order valence-electron chi connectivity index (χ1n) is 13.6. The third-order valence-electron chi connectivity index (χ3n) is 5.20. The molecule has 0 amide bonds. The van der Waals surface area contributed by atoms with Gasteiger partial charge in [-0.05, 0) is 38.8 Å². The Labute approximate surface area is 239 Å². The molecule has 0 aromatic heterocycles. The van der Waals surface area contributed by atoms with Crippen LogP contribution < -0.4 is 0 Å². The van der Waals surface area contributed by atoms with Crippen LogP contribution in [0.25, 0.3) is 0 Å². The Hall–Kier alpha value is -3.10. The van der Waals surface area contributed by atoms with Gasteiger partial charge >= 0.3 is 23.9 Å². The van der Waals surface area contributed by atoms with Crippen LogP contribution in [-0.4, -0.2) is 112 Å². The molecule has 2 N–H and O–H groups in total. The summed E-state index contributed by atoms with van der Waals surface area (Å²) in [6, 6.07) is 6.10. The molecule has 41 heavy (non-hydrogen) atoms. The number of carbonyl (C=O) groups is 4. The van der Waals surface area contributed by atoms with E-state index in [4.69, 9.17) is 43.4 Å². The van der Waals surface area contributed by atoms with Gasteiger partial charge in [-0.3, -0.25) is 9.59 Å². The van der Waals surface area contributed by atoms with E-state index in [0.29, 0.717) is 12.8 Å². The number of unbranched alkanes of at least 4 members (excludes halogenated alkanes) is 1. The van der Waals surface area contributed by atoms with E-state index >= 15 is 0 Å². The number of carbonyl (C=O) groups excluding carboxylic acids is 4. The van der Waals surface area contributed by atoms with Crippen LogP contribution in [0.5, 0.6) is 0 Å². The fourth-order valence-electron chi connectivity index (χ4n) is 3.18. The molecule has 0 aliphatic heterocycles. The van der Waals surface area contributed by atoms with E-state index in [0.717, 1.165) is 0 Å². The van der Waals surface area contributed by atoms with E-state index < -0.39 is 30.1 Å². The first-order valence-corrected chi connectivity index (χ1v) is 13.6. The highest BCUT2D eigenvalue weighted by Crippen LogP contribution is 2.14. The summed E-state index contributed by atoms with van der Waals surface area (Å²) in [4.78, 5) is 48.6. The van der Waals surface area contributed by atoms with E-state index in [1.54, 1.807) is 26.0 Å². The summed E-state index contributed by atoms with van der Waals surface area (Å²) in [7, 11) is 0. The van der Waals surface area contributed by atoms with Gasteiger partial charge in [-0.15, -0.1) is 0 Å². The number of aliphatic hydroxyl groups excluding tert-OH is 2. The van der Waals surface area contributed by atoms with Crippen molar-refractivity contribution in [1.29, 1.82) is 0 Å². The second-order valence-electron chi connectivity index (χ2n) is 8.82. The number of hydrogen-bond donors (Lipinski definition) is 2. The number of benzene rings is 1. The number of rotatable bonds is 23. The van der Waals surface area contributed by atoms with Gasteiger partial charge in [-0.2, -0.15) is 0 Å². The third kappa shape index (κ3) is 17.3. The Morgan fingerprint density at radius 2 is 1.20 bits per heavy atom. The molecule has 0 aliphatic carbocycles. The number of esters is 4. The molecule has 1 aromatic rings. The first-order chi connectivity index (χ1) is 19.8. The second kappa shape index (κ2) is 22.6. The van der Waals surface area contributed by atoms with Crippen LogP contribution in [-0.2, 0) is 42.7 Å². The van der Waals surface area contributed by atoms with Crippen LogP contribution in [0.2, 0.25) is 0 Å². The summed E-state index contributed by atoms with van der Waals surface area (Å²) >= 11 is 0. The van der Waals surface area contributed by atoms with Crippen molar-refractivity contribution in [1.82, 2.24) is 0 Å². The lowest BCUT2D eigenvalue weighted by Crippen LogP contribution is -2.27. The van der Waals surface area contributed by atoms with Crippen LogP contribution >= 0.6 is 0 Å². The van der Waals surface area contributed by atoms with Gasteiger partial charge in [0.25, 0.3) is 0 Å². The van der Waals surface area contributed by atoms with Crippen molar-refractivity contribution in [2.75, 3.05) is 66.1 Å². The minimum Gasteiger partial charge on any atom is -0.463 e. The van der Waals surface area contributed by atoms with Gasteiger partial charge in [-0.1, -0.05) is 12.1 Å². The fraction of sp³-hybridized carbons (Fsp3) is 0.643. The summed E-state index contributed by atoms with van der Waals surface area (Å²) in [5.41, 5.74) is 0.0942.